The number of thiazole rings is 1. The highest BCUT2D eigenvalue weighted by Crippen LogP contribution is 2.39. The summed E-state index contributed by atoms with van der Waals surface area (Å²) in [5.74, 6) is -0.0549. The summed E-state index contributed by atoms with van der Waals surface area (Å²) in [4.78, 5) is 26.6. The number of benzene rings is 1. The molecule has 0 aliphatic carbocycles. The number of hydrogen-bond donors (Lipinski definition) is 1. The van der Waals surface area contributed by atoms with Gasteiger partial charge in [0.15, 0.2) is 5.13 Å². The Morgan fingerprint density at radius 3 is 2.78 bits per heavy atom. The Kier molecular flexibility index (Phi) is 5.47. The number of nitrogens with one attached hydrogen (secondary N) is 1. The largest absolute Gasteiger partial charge is 0.301 e. The first-order valence-electron chi connectivity index (χ1n) is 8.41. The molecule has 0 spiro atoms. The molecule has 0 saturated carbocycles. The van der Waals surface area contributed by atoms with E-state index in [1.165, 1.54) is 23.1 Å². The molecule has 0 aliphatic heterocycles. The van der Waals surface area contributed by atoms with Gasteiger partial charge in [0.1, 0.15) is 16.2 Å². The zero-order chi connectivity index (χ0) is 18.6. The zero-order valence-corrected chi connectivity index (χ0v) is 16.9. The van der Waals surface area contributed by atoms with Crippen LogP contribution in [0.25, 0.3) is 21.3 Å². The van der Waals surface area contributed by atoms with Gasteiger partial charge in [-0.15, -0.1) is 22.7 Å². The van der Waals surface area contributed by atoms with Gasteiger partial charge >= 0.3 is 0 Å². The topological polar surface area (TPSA) is 67.8 Å². The number of carbonyl (C=O) groups excluding carboxylic acids is 1. The van der Waals surface area contributed by atoms with Gasteiger partial charge in [0, 0.05) is 22.5 Å². The predicted molar refractivity (Wildman–Crippen MR) is 114 cm³/mol. The molecule has 0 bridgehead atoms. The second kappa shape index (κ2) is 8.16. The summed E-state index contributed by atoms with van der Waals surface area (Å²) in [6.45, 7) is 2.00. The quantitative estimate of drug-likeness (QED) is 0.343. The Morgan fingerprint density at radius 2 is 2.04 bits per heavy atom. The maximum atomic E-state index is 12.7. The zero-order valence-electron chi connectivity index (χ0n) is 14.5. The van der Waals surface area contributed by atoms with Gasteiger partial charge in [0.05, 0.1) is 10.6 Å². The second-order valence-electron chi connectivity index (χ2n) is 5.72. The molecule has 0 radical (unpaired) electrons. The Bertz CT molecular complexity index is 1050. The molecule has 3 aromatic heterocycles. The number of rotatable bonds is 6. The fourth-order valence-corrected chi connectivity index (χ4v) is 5.24. The van der Waals surface area contributed by atoms with Crippen LogP contribution < -0.4 is 5.32 Å². The van der Waals surface area contributed by atoms with Crippen molar-refractivity contribution in [2.45, 2.75) is 23.6 Å². The molecule has 1 unspecified atom stereocenters. The lowest BCUT2D eigenvalue weighted by Gasteiger charge is -2.14. The van der Waals surface area contributed by atoms with Gasteiger partial charge in [-0.1, -0.05) is 49.0 Å². The van der Waals surface area contributed by atoms with Gasteiger partial charge in [0.2, 0.25) is 5.91 Å². The number of thiophene rings is 1. The molecule has 4 aromatic rings. The predicted octanol–water partition coefficient (Wildman–Crippen LogP) is 5.32. The molecule has 5 nitrogen and oxygen atoms in total. The van der Waals surface area contributed by atoms with Gasteiger partial charge in [-0.3, -0.25) is 4.79 Å². The van der Waals surface area contributed by atoms with Crippen molar-refractivity contribution in [1.29, 1.82) is 0 Å². The molecular formula is C19H16N4OS3. The van der Waals surface area contributed by atoms with Crippen molar-refractivity contribution in [2.75, 3.05) is 5.32 Å². The summed E-state index contributed by atoms with van der Waals surface area (Å²) in [6, 6.07) is 10.2. The third-order valence-electron chi connectivity index (χ3n) is 4.00. The normalized spacial score (nSPS) is 12.2. The average molecular weight is 413 g/mol. The average Bonchev–Trinajstić information content (AvgIpc) is 3.36. The summed E-state index contributed by atoms with van der Waals surface area (Å²) in [5, 5.41) is 9.05. The number of thioether (sulfide) groups is 1. The molecule has 1 aromatic carbocycles. The van der Waals surface area contributed by atoms with E-state index >= 15 is 0 Å². The minimum atomic E-state index is -0.254. The fraction of sp³-hybridized carbons (Fsp3) is 0.158. The van der Waals surface area contributed by atoms with Crippen molar-refractivity contribution in [1.82, 2.24) is 15.0 Å². The minimum absolute atomic E-state index is 0.0549. The van der Waals surface area contributed by atoms with Crippen LogP contribution in [0, 0.1) is 0 Å². The molecule has 3 heterocycles. The summed E-state index contributed by atoms with van der Waals surface area (Å²) in [6.07, 6.45) is 3.94. The number of anilines is 1. The lowest BCUT2D eigenvalue weighted by molar-refractivity contribution is -0.115. The van der Waals surface area contributed by atoms with Gasteiger partial charge in [-0.25, -0.2) is 15.0 Å². The van der Waals surface area contributed by atoms with Crippen LogP contribution in [0.1, 0.15) is 13.3 Å². The number of carbonyl (C=O) groups is 1. The van der Waals surface area contributed by atoms with Crippen LogP contribution in [0.5, 0.6) is 0 Å². The number of aromatic nitrogens is 3. The van der Waals surface area contributed by atoms with Crippen molar-refractivity contribution in [3.8, 4) is 11.1 Å². The van der Waals surface area contributed by atoms with E-state index in [-0.39, 0.29) is 11.2 Å². The van der Waals surface area contributed by atoms with Gasteiger partial charge in [-0.2, -0.15) is 0 Å². The first kappa shape index (κ1) is 18.1. The van der Waals surface area contributed by atoms with Crippen LogP contribution in [0.2, 0.25) is 0 Å². The SMILES string of the molecule is CCC(Sc1ncnc2scc(-c3ccccc3)c12)C(=O)Nc1nccs1. The maximum Gasteiger partial charge on any atom is 0.239 e. The molecule has 1 amide bonds. The molecule has 4 rings (SSSR count). The molecule has 136 valence electrons. The van der Waals surface area contributed by atoms with Crippen LogP contribution in [0.15, 0.2) is 58.6 Å². The molecule has 1 atom stereocenters. The van der Waals surface area contributed by atoms with Crippen LogP contribution in [-0.2, 0) is 4.79 Å². The van der Waals surface area contributed by atoms with Crippen LogP contribution in [0.3, 0.4) is 0 Å². The first-order valence-corrected chi connectivity index (χ1v) is 11.0. The van der Waals surface area contributed by atoms with E-state index in [1.807, 2.05) is 30.5 Å². The highest BCUT2D eigenvalue weighted by molar-refractivity contribution is 8.00. The number of amides is 1. The van der Waals surface area contributed by atoms with Gasteiger partial charge < -0.3 is 5.32 Å². The molecule has 1 N–H and O–H groups in total. The third-order valence-corrected chi connectivity index (χ3v) is 6.94. The molecular weight excluding hydrogens is 396 g/mol. The monoisotopic (exact) mass is 412 g/mol. The minimum Gasteiger partial charge on any atom is -0.301 e. The van der Waals surface area contributed by atoms with Crippen molar-refractivity contribution in [3.63, 3.8) is 0 Å². The van der Waals surface area contributed by atoms with Crippen molar-refractivity contribution in [2.24, 2.45) is 0 Å². The number of fused-ring (bicyclic) bond motifs is 1. The lowest BCUT2D eigenvalue weighted by Crippen LogP contribution is -2.24. The van der Waals surface area contributed by atoms with E-state index in [0.29, 0.717) is 11.6 Å². The Balaban J connectivity index is 1.66. The maximum absolute atomic E-state index is 12.7. The van der Waals surface area contributed by atoms with Gasteiger partial charge in [-0.05, 0) is 12.0 Å². The lowest BCUT2D eigenvalue weighted by atomic mass is 10.1. The van der Waals surface area contributed by atoms with Crippen molar-refractivity contribution in [3.05, 3.63) is 53.6 Å². The third kappa shape index (κ3) is 3.87. The molecule has 27 heavy (non-hydrogen) atoms. The Morgan fingerprint density at radius 1 is 1.19 bits per heavy atom. The molecule has 8 heteroatoms. The van der Waals surface area contributed by atoms with E-state index in [9.17, 15) is 4.79 Å². The highest BCUT2D eigenvalue weighted by Gasteiger charge is 2.22. The Hall–Kier alpha value is -2.29. The van der Waals surface area contributed by atoms with Gasteiger partial charge in [0.25, 0.3) is 0 Å². The van der Waals surface area contributed by atoms with E-state index in [2.05, 4.69) is 37.8 Å². The summed E-state index contributed by atoms with van der Waals surface area (Å²) < 4.78 is 0. The molecule has 0 aliphatic rings. The number of hydrogen-bond acceptors (Lipinski definition) is 7. The van der Waals surface area contributed by atoms with Crippen molar-refractivity contribution >= 4 is 55.7 Å². The van der Waals surface area contributed by atoms with Crippen LogP contribution in [0.4, 0.5) is 5.13 Å². The van der Waals surface area contributed by atoms with E-state index in [0.717, 1.165) is 26.4 Å². The van der Waals surface area contributed by atoms with E-state index in [1.54, 1.807) is 23.9 Å². The number of nitrogens with zero attached hydrogens (tertiary/aromatic N) is 3. The summed E-state index contributed by atoms with van der Waals surface area (Å²) >= 11 is 4.49. The fourth-order valence-electron chi connectivity index (χ4n) is 2.70. The van der Waals surface area contributed by atoms with E-state index in [4.69, 9.17) is 0 Å². The van der Waals surface area contributed by atoms with Crippen LogP contribution >= 0.6 is 34.4 Å². The standard InChI is InChI=1S/C19H16N4OS3/c1-2-14(16(24)23-19-20-8-9-25-19)27-18-15-13(12-6-4-3-5-7-12)10-26-17(15)21-11-22-18/h3-11,14H,2H2,1H3,(H,20,23,24). The summed E-state index contributed by atoms with van der Waals surface area (Å²) in [5.41, 5.74) is 2.23. The summed E-state index contributed by atoms with van der Waals surface area (Å²) in [7, 11) is 0. The first-order chi connectivity index (χ1) is 13.3. The van der Waals surface area contributed by atoms with E-state index < -0.39 is 0 Å². The molecule has 0 saturated heterocycles. The Labute approximate surface area is 168 Å². The second-order valence-corrected chi connectivity index (χ2v) is 8.66. The van der Waals surface area contributed by atoms with Crippen LogP contribution in [-0.4, -0.2) is 26.1 Å². The smallest absolute Gasteiger partial charge is 0.239 e. The van der Waals surface area contributed by atoms with Crippen molar-refractivity contribution < 1.29 is 4.79 Å². The molecule has 0 fully saturated rings. The highest BCUT2D eigenvalue weighted by atomic mass is 32.2.